The van der Waals surface area contributed by atoms with Gasteiger partial charge in [-0.05, 0) is 6.42 Å². The summed E-state index contributed by atoms with van der Waals surface area (Å²) >= 11 is 0. The second-order valence-electron chi connectivity index (χ2n) is 3.42. The highest BCUT2D eigenvalue weighted by molar-refractivity contribution is 7.81. The number of alkyl halides is 3. The Morgan fingerprint density at radius 1 is 1.53 bits per heavy atom. The molecule has 1 aliphatic heterocycles. The van der Waals surface area contributed by atoms with E-state index in [2.05, 4.69) is 0 Å². The van der Waals surface area contributed by atoms with Crippen LogP contribution in [0.15, 0.2) is 0 Å². The second kappa shape index (κ2) is 3.75. The first kappa shape index (κ1) is 12.4. The molecule has 1 N–H and O–H groups in total. The average molecular weight is 245 g/mol. The van der Waals surface area contributed by atoms with Gasteiger partial charge in [0.15, 0.2) is 5.41 Å². The highest BCUT2D eigenvalue weighted by Crippen LogP contribution is 2.45. The molecule has 1 saturated heterocycles. The zero-order chi connectivity index (χ0) is 11.9. The lowest BCUT2D eigenvalue weighted by Crippen LogP contribution is -2.47. The van der Waals surface area contributed by atoms with E-state index in [0.29, 0.717) is 0 Å². The summed E-state index contributed by atoms with van der Waals surface area (Å²) in [5.74, 6) is -1.90. The van der Waals surface area contributed by atoms with Crippen LogP contribution in [0.25, 0.3) is 0 Å². The zero-order valence-corrected chi connectivity index (χ0v) is 8.69. The lowest BCUT2D eigenvalue weighted by Gasteiger charge is -2.26. The number of aliphatic carboxylic acids is 1. The number of carbonyl (C=O) groups is 1. The van der Waals surface area contributed by atoms with E-state index in [-0.39, 0.29) is 6.54 Å². The SMILES string of the molecule is CS(=O)N1CCC(C(=O)O)(C(F)(F)F)C1. The predicted molar refractivity (Wildman–Crippen MR) is 46.4 cm³/mol. The maximum atomic E-state index is 12.6. The van der Waals surface area contributed by atoms with Crippen LogP contribution in [0, 0.1) is 5.41 Å². The van der Waals surface area contributed by atoms with Gasteiger partial charge in [-0.3, -0.25) is 4.79 Å². The summed E-state index contributed by atoms with van der Waals surface area (Å²) in [4.78, 5) is 10.7. The summed E-state index contributed by atoms with van der Waals surface area (Å²) in [6.07, 6.45) is -4.13. The van der Waals surface area contributed by atoms with Gasteiger partial charge < -0.3 is 5.11 Å². The molecule has 0 aliphatic carbocycles. The number of hydrogen-bond acceptors (Lipinski definition) is 2. The fourth-order valence-corrected chi connectivity index (χ4v) is 2.27. The quantitative estimate of drug-likeness (QED) is 0.775. The lowest BCUT2D eigenvalue weighted by molar-refractivity contribution is -0.226. The molecule has 0 saturated carbocycles. The Kier molecular flexibility index (Phi) is 3.11. The van der Waals surface area contributed by atoms with Gasteiger partial charge in [0.2, 0.25) is 0 Å². The topological polar surface area (TPSA) is 57.6 Å². The third kappa shape index (κ3) is 2.00. The van der Waals surface area contributed by atoms with E-state index in [9.17, 15) is 22.2 Å². The smallest absolute Gasteiger partial charge is 0.406 e. The van der Waals surface area contributed by atoms with Crippen LogP contribution in [0.3, 0.4) is 0 Å². The van der Waals surface area contributed by atoms with Crippen molar-refractivity contribution in [2.75, 3.05) is 19.3 Å². The minimum absolute atomic E-state index is 0.116. The van der Waals surface area contributed by atoms with Crippen molar-refractivity contribution in [3.05, 3.63) is 0 Å². The first-order valence-corrected chi connectivity index (χ1v) is 5.61. The number of nitrogens with zero attached hydrogens (tertiary/aromatic N) is 1. The lowest BCUT2D eigenvalue weighted by atomic mass is 9.86. The van der Waals surface area contributed by atoms with E-state index in [0.717, 1.165) is 4.31 Å². The van der Waals surface area contributed by atoms with Crippen molar-refractivity contribution in [3.63, 3.8) is 0 Å². The Morgan fingerprint density at radius 2 is 2.07 bits per heavy atom. The molecule has 4 nitrogen and oxygen atoms in total. The maximum Gasteiger partial charge on any atom is 0.406 e. The van der Waals surface area contributed by atoms with E-state index in [1.807, 2.05) is 0 Å². The molecule has 2 atom stereocenters. The maximum absolute atomic E-state index is 12.6. The van der Waals surface area contributed by atoms with Crippen molar-refractivity contribution in [2.45, 2.75) is 12.6 Å². The Labute approximate surface area is 86.6 Å². The Hall–Kier alpha value is -0.630. The first-order valence-electron chi connectivity index (χ1n) is 4.09. The minimum Gasteiger partial charge on any atom is -0.481 e. The monoisotopic (exact) mass is 245 g/mol. The number of halogens is 3. The average Bonchev–Trinajstić information content (AvgIpc) is 2.46. The number of hydrogen-bond donors (Lipinski definition) is 1. The van der Waals surface area contributed by atoms with Gasteiger partial charge in [0.25, 0.3) is 0 Å². The van der Waals surface area contributed by atoms with E-state index in [4.69, 9.17) is 5.11 Å². The van der Waals surface area contributed by atoms with Gasteiger partial charge in [-0.2, -0.15) is 13.2 Å². The van der Waals surface area contributed by atoms with Gasteiger partial charge in [-0.15, -0.1) is 0 Å². The molecule has 0 aromatic rings. The molecular weight excluding hydrogens is 235 g/mol. The molecule has 2 unspecified atom stereocenters. The molecule has 0 aromatic heterocycles. The van der Waals surface area contributed by atoms with E-state index < -0.39 is 41.5 Å². The van der Waals surface area contributed by atoms with Crippen LogP contribution in [0.2, 0.25) is 0 Å². The van der Waals surface area contributed by atoms with Crippen LogP contribution in [-0.2, 0) is 15.8 Å². The Balaban J connectivity index is 2.99. The number of carboxylic acids is 1. The van der Waals surface area contributed by atoms with Crippen LogP contribution in [-0.4, -0.2) is 45.1 Å². The molecule has 0 spiro atoms. The number of carboxylic acid groups (broad SMARTS) is 1. The van der Waals surface area contributed by atoms with Crippen molar-refractivity contribution in [3.8, 4) is 0 Å². The van der Waals surface area contributed by atoms with Gasteiger partial charge in [0.1, 0.15) is 0 Å². The van der Waals surface area contributed by atoms with Crippen LogP contribution in [0.1, 0.15) is 6.42 Å². The summed E-state index contributed by atoms with van der Waals surface area (Å²) in [7, 11) is -1.57. The Bertz CT molecular complexity index is 306. The normalized spacial score (nSPS) is 30.4. The molecule has 0 amide bonds. The highest BCUT2D eigenvalue weighted by Gasteiger charge is 2.64. The summed E-state index contributed by atoms with van der Waals surface area (Å²) in [5, 5.41) is 8.65. The third-order valence-corrected chi connectivity index (χ3v) is 3.59. The molecule has 1 aliphatic rings. The first-order chi connectivity index (χ1) is 6.71. The van der Waals surface area contributed by atoms with Crippen LogP contribution >= 0.6 is 0 Å². The Morgan fingerprint density at radius 3 is 2.27 bits per heavy atom. The molecule has 1 rings (SSSR count). The van der Waals surface area contributed by atoms with Gasteiger partial charge in [0.05, 0.1) is 11.0 Å². The van der Waals surface area contributed by atoms with E-state index in [1.54, 1.807) is 0 Å². The largest absolute Gasteiger partial charge is 0.481 e. The standard InChI is InChI=1S/C7H10F3NO3S/c1-15(14)11-3-2-6(4-11,5(12)13)7(8,9)10/h2-4H2,1H3,(H,12,13). The molecule has 1 heterocycles. The van der Waals surface area contributed by atoms with Crippen molar-refractivity contribution >= 4 is 17.0 Å². The zero-order valence-electron chi connectivity index (χ0n) is 7.87. The molecule has 88 valence electrons. The molecule has 8 heteroatoms. The molecule has 0 aromatic carbocycles. The summed E-state index contributed by atoms with van der Waals surface area (Å²) in [5.41, 5.74) is -2.77. The second-order valence-corrected chi connectivity index (χ2v) is 4.79. The van der Waals surface area contributed by atoms with Crippen LogP contribution in [0.5, 0.6) is 0 Å². The summed E-state index contributed by atoms with van der Waals surface area (Å²) in [6, 6.07) is 0. The summed E-state index contributed by atoms with van der Waals surface area (Å²) in [6.45, 7) is -0.857. The van der Waals surface area contributed by atoms with Crippen molar-refractivity contribution in [2.24, 2.45) is 5.41 Å². The molecule has 15 heavy (non-hydrogen) atoms. The predicted octanol–water partition coefficient (Wildman–Crippen LogP) is 0.619. The van der Waals surface area contributed by atoms with Crippen molar-refractivity contribution in [1.29, 1.82) is 0 Å². The van der Waals surface area contributed by atoms with E-state index >= 15 is 0 Å². The van der Waals surface area contributed by atoms with Gasteiger partial charge >= 0.3 is 12.1 Å². The van der Waals surface area contributed by atoms with Gasteiger partial charge in [0, 0.05) is 19.3 Å². The van der Waals surface area contributed by atoms with Crippen LogP contribution in [0.4, 0.5) is 13.2 Å². The van der Waals surface area contributed by atoms with Gasteiger partial charge in [-0.25, -0.2) is 8.51 Å². The molecule has 0 bridgehead atoms. The van der Waals surface area contributed by atoms with Crippen LogP contribution < -0.4 is 0 Å². The molecular formula is C7H10F3NO3S. The van der Waals surface area contributed by atoms with Crippen molar-refractivity contribution in [1.82, 2.24) is 4.31 Å². The molecule has 0 radical (unpaired) electrons. The fraction of sp³-hybridized carbons (Fsp3) is 0.857. The van der Waals surface area contributed by atoms with E-state index in [1.165, 1.54) is 6.26 Å². The van der Waals surface area contributed by atoms with Crippen molar-refractivity contribution < 1.29 is 27.3 Å². The minimum atomic E-state index is -4.81. The summed E-state index contributed by atoms with van der Waals surface area (Å²) < 4.78 is 49.8. The third-order valence-electron chi connectivity index (χ3n) is 2.55. The fourth-order valence-electron chi connectivity index (χ4n) is 1.52. The molecule has 1 fully saturated rings. The van der Waals surface area contributed by atoms with Gasteiger partial charge in [-0.1, -0.05) is 0 Å². The highest BCUT2D eigenvalue weighted by atomic mass is 32.2. The number of rotatable bonds is 2.